The number of hydrogen-bond donors (Lipinski definition) is 1. The highest BCUT2D eigenvalue weighted by Gasteiger charge is 2.18. The van der Waals surface area contributed by atoms with Gasteiger partial charge in [-0.05, 0) is 36.6 Å². The number of hydrogen-bond acceptors (Lipinski definition) is 4. The number of amides is 2. The molecule has 3 heterocycles. The molecule has 2 aromatic heterocycles. The molecule has 2 amide bonds. The minimum absolute atomic E-state index is 0.0764. The summed E-state index contributed by atoms with van der Waals surface area (Å²) in [7, 11) is 0. The summed E-state index contributed by atoms with van der Waals surface area (Å²) in [6.45, 7) is 1.21. The van der Waals surface area contributed by atoms with E-state index >= 15 is 0 Å². The Balaban J connectivity index is 1.54. The van der Waals surface area contributed by atoms with Crippen molar-refractivity contribution in [2.24, 2.45) is 0 Å². The van der Waals surface area contributed by atoms with Crippen LogP contribution in [0.15, 0.2) is 36.8 Å². The van der Waals surface area contributed by atoms with Crippen LogP contribution in [-0.4, -0.2) is 44.6 Å². The molecule has 1 N–H and O–H groups in total. The third-order valence-corrected chi connectivity index (χ3v) is 4.04. The molecule has 3 rings (SSSR count). The topological polar surface area (TPSA) is 80.1 Å². The van der Waals surface area contributed by atoms with Gasteiger partial charge in [0.1, 0.15) is 0 Å². The van der Waals surface area contributed by atoms with Crippen molar-refractivity contribution in [3.63, 3.8) is 0 Å². The smallest absolute Gasteiger partial charge is 0.239 e. The van der Waals surface area contributed by atoms with Gasteiger partial charge in [0.15, 0.2) is 5.82 Å². The lowest BCUT2D eigenvalue weighted by Gasteiger charge is -2.19. The van der Waals surface area contributed by atoms with Crippen molar-refractivity contribution in [1.82, 2.24) is 25.0 Å². The molecular formula is C17H21N5O2. The van der Waals surface area contributed by atoms with Crippen molar-refractivity contribution < 1.29 is 9.59 Å². The van der Waals surface area contributed by atoms with Crippen LogP contribution in [0.3, 0.4) is 0 Å². The van der Waals surface area contributed by atoms with E-state index in [-0.39, 0.29) is 18.4 Å². The number of nitrogens with one attached hydrogen (secondary N) is 1. The Morgan fingerprint density at radius 1 is 1.25 bits per heavy atom. The highest BCUT2D eigenvalue weighted by atomic mass is 16.2. The molecule has 2 aromatic rings. The number of likely N-dealkylation sites (tertiary alicyclic amines) is 1. The minimum atomic E-state index is -0.136. The molecule has 0 aromatic carbocycles. The van der Waals surface area contributed by atoms with Crippen LogP contribution in [0.2, 0.25) is 0 Å². The Labute approximate surface area is 140 Å². The van der Waals surface area contributed by atoms with Gasteiger partial charge in [0, 0.05) is 38.1 Å². The van der Waals surface area contributed by atoms with Crippen LogP contribution < -0.4 is 5.32 Å². The monoisotopic (exact) mass is 327 g/mol. The fourth-order valence-corrected chi connectivity index (χ4v) is 2.74. The first-order valence-corrected chi connectivity index (χ1v) is 8.22. The first kappa shape index (κ1) is 16.2. The van der Waals surface area contributed by atoms with E-state index in [0.29, 0.717) is 25.3 Å². The molecular weight excluding hydrogens is 306 g/mol. The minimum Gasteiger partial charge on any atom is -0.350 e. The van der Waals surface area contributed by atoms with Gasteiger partial charge in [0.05, 0.1) is 6.54 Å². The molecule has 0 atom stereocenters. The maximum Gasteiger partial charge on any atom is 0.239 e. The number of carbonyl (C=O) groups excluding carboxylic acids is 2. The second kappa shape index (κ2) is 7.72. The van der Waals surface area contributed by atoms with Gasteiger partial charge in [-0.3, -0.25) is 9.59 Å². The van der Waals surface area contributed by atoms with Gasteiger partial charge in [-0.25, -0.2) is 9.67 Å². The molecule has 7 heteroatoms. The molecule has 0 radical (unpaired) electrons. The van der Waals surface area contributed by atoms with Crippen molar-refractivity contribution in [1.29, 1.82) is 0 Å². The number of carbonyl (C=O) groups is 2. The Hall–Kier alpha value is -2.70. The lowest BCUT2D eigenvalue weighted by atomic mass is 10.2. The van der Waals surface area contributed by atoms with Gasteiger partial charge in [0.25, 0.3) is 0 Å². The standard InChI is InChI=1S/C17H21N5O2/c23-16(13-21-9-3-1-2-5-17(21)24)19-12-14-6-8-18-15(11-14)22-10-4-7-20-22/h4,6-8,10-11H,1-3,5,9,12-13H2,(H,19,23). The van der Waals surface area contributed by atoms with E-state index in [0.717, 1.165) is 24.8 Å². The Bertz CT molecular complexity index is 699. The van der Waals surface area contributed by atoms with E-state index < -0.39 is 0 Å². The quantitative estimate of drug-likeness (QED) is 0.897. The van der Waals surface area contributed by atoms with Crippen molar-refractivity contribution in [3.05, 3.63) is 42.4 Å². The van der Waals surface area contributed by atoms with Crippen LogP contribution in [0.4, 0.5) is 0 Å². The molecule has 1 saturated heterocycles. The lowest BCUT2D eigenvalue weighted by molar-refractivity contribution is -0.135. The molecule has 7 nitrogen and oxygen atoms in total. The Kier molecular flexibility index (Phi) is 5.20. The Morgan fingerprint density at radius 2 is 2.17 bits per heavy atom. The SMILES string of the molecule is O=C(CN1CCCCCC1=O)NCc1ccnc(-n2cccn2)c1. The largest absolute Gasteiger partial charge is 0.350 e. The van der Waals surface area contributed by atoms with E-state index in [9.17, 15) is 9.59 Å². The van der Waals surface area contributed by atoms with Crippen LogP contribution in [0.1, 0.15) is 31.2 Å². The predicted octanol–water partition coefficient (Wildman–Crippen LogP) is 1.29. The van der Waals surface area contributed by atoms with E-state index in [2.05, 4.69) is 15.4 Å². The number of aromatic nitrogens is 3. The van der Waals surface area contributed by atoms with Crippen LogP contribution >= 0.6 is 0 Å². The maximum absolute atomic E-state index is 12.1. The molecule has 1 aliphatic rings. The molecule has 24 heavy (non-hydrogen) atoms. The summed E-state index contributed by atoms with van der Waals surface area (Å²) >= 11 is 0. The van der Waals surface area contributed by atoms with Gasteiger partial charge >= 0.3 is 0 Å². The maximum atomic E-state index is 12.1. The van der Waals surface area contributed by atoms with E-state index in [4.69, 9.17) is 0 Å². The molecule has 0 saturated carbocycles. The second-order valence-electron chi connectivity index (χ2n) is 5.88. The van der Waals surface area contributed by atoms with Gasteiger partial charge in [-0.15, -0.1) is 0 Å². The van der Waals surface area contributed by atoms with Crippen LogP contribution in [0, 0.1) is 0 Å². The molecule has 0 spiro atoms. The zero-order valence-corrected chi connectivity index (χ0v) is 13.5. The van der Waals surface area contributed by atoms with Gasteiger partial charge in [-0.2, -0.15) is 5.10 Å². The normalized spacial score (nSPS) is 15.2. The summed E-state index contributed by atoms with van der Waals surface area (Å²) in [4.78, 5) is 30.0. The zero-order chi connectivity index (χ0) is 16.8. The summed E-state index contributed by atoms with van der Waals surface area (Å²) < 4.78 is 1.67. The molecule has 0 aliphatic carbocycles. The van der Waals surface area contributed by atoms with Crippen LogP contribution in [0.25, 0.3) is 5.82 Å². The highest BCUT2D eigenvalue weighted by Crippen LogP contribution is 2.11. The van der Waals surface area contributed by atoms with Gasteiger partial charge < -0.3 is 10.2 Å². The summed E-state index contributed by atoms with van der Waals surface area (Å²) in [6, 6.07) is 5.56. The first-order valence-electron chi connectivity index (χ1n) is 8.22. The van der Waals surface area contributed by atoms with E-state index in [1.165, 1.54) is 0 Å². The fourth-order valence-electron chi connectivity index (χ4n) is 2.74. The van der Waals surface area contributed by atoms with Crippen molar-refractivity contribution >= 4 is 11.8 Å². The van der Waals surface area contributed by atoms with Crippen molar-refractivity contribution in [2.75, 3.05) is 13.1 Å². The van der Waals surface area contributed by atoms with Crippen LogP contribution in [-0.2, 0) is 16.1 Å². The average Bonchev–Trinajstić information content (AvgIpc) is 3.06. The molecule has 1 aliphatic heterocycles. The highest BCUT2D eigenvalue weighted by molar-refractivity contribution is 5.84. The summed E-state index contributed by atoms with van der Waals surface area (Å²) in [5.41, 5.74) is 0.936. The lowest BCUT2D eigenvalue weighted by Crippen LogP contribution is -2.40. The summed E-state index contributed by atoms with van der Waals surface area (Å²) in [6.07, 6.45) is 8.68. The van der Waals surface area contributed by atoms with Crippen molar-refractivity contribution in [2.45, 2.75) is 32.2 Å². The fraction of sp³-hybridized carbons (Fsp3) is 0.412. The Morgan fingerprint density at radius 3 is 3.00 bits per heavy atom. The second-order valence-corrected chi connectivity index (χ2v) is 5.88. The predicted molar refractivity (Wildman–Crippen MR) is 88.3 cm³/mol. The molecule has 0 unspecified atom stereocenters. The molecule has 0 bridgehead atoms. The number of nitrogens with zero attached hydrogens (tertiary/aromatic N) is 4. The van der Waals surface area contributed by atoms with Gasteiger partial charge in [0.2, 0.25) is 11.8 Å². The number of pyridine rings is 1. The van der Waals surface area contributed by atoms with E-state index in [1.54, 1.807) is 22.0 Å². The first-order chi connectivity index (χ1) is 11.7. The molecule has 1 fully saturated rings. The number of rotatable bonds is 5. The zero-order valence-electron chi connectivity index (χ0n) is 13.5. The van der Waals surface area contributed by atoms with Crippen LogP contribution in [0.5, 0.6) is 0 Å². The summed E-state index contributed by atoms with van der Waals surface area (Å²) in [5, 5.41) is 7.01. The van der Waals surface area contributed by atoms with Crippen molar-refractivity contribution in [3.8, 4) is 5.82 Å². The summed E-state index contributed by atoms with van der Waals surface area (Å²) in [5.74, 6) is 0.643. The average molecular weight is 327 g/mol. The van der Waals surface area contributed by atoms with E-state index in [1.807, 2.05) is 24.4 Å². The van der Waals surface area contributed by atoms with Gasteiger partial charge in [-0.1, -0.05) is 6.42 Å². The molecule has 126 valence electrons. The third kappa shape index (κ3) is 4.18. The third-order valence-electron chi connectivity index (χ3n) is 4.04.